The second-order valence-electron chi connectivity index (χ2n) is 3.66. The van der Waals surface area contributed by atoms with Gasteiger partial charge in [-0.2, -0.15) is 0 Å². The first kappa shape index (κ1) is 12.3. The number of hydrogen-bond donors (Lipinski definition) is 1. The fourth-order valence-electron chi connectivity index (χ4n) is 1.36. The van der Waals surface area contributed by atoms with E-state index < -0.39 is 0 Å². The van der Waals surface area contributed by atoms with E-state index >= 15 is 0 Å². The fraction of sp³-hybridized carbons (Fsp3) is 0.308. The topological polar surface area (TPSA) is 38.3 Å². The van der Waals surface area contributed by atoms with Gasteiger partial charge >= 0.3 is 5.97 Å². The Morgan fingerprint density at radius 2 is 2.25 bits per heavy atom. The predicted molar refractivity (Wildman–Crippen MR) is 63.9 cm³/mol. The summed E-state index contributed by atoms with van der Waals surface area (Å²) >= 11 is 0. The van der Waals surface area contributed by atoms with Crippen molar-refractivity contribution in [3.8, 4) is 0 Å². The summed E-state index contributed by atoms with van der Waals surface area (Å²) in [6.07, 6.45) is 2.98. The van der Waals surface area contributed by atoms with E-state index in [1.807, 2.05) is 13.0 Å². The SMILES string of the molecule is COC(=O)/C=C/N[C@@H](C)c1cccc(C)c1. The van der Waals surface area contributed by atoms with Crippen molar-refractivity contribution in [3.63, 3.8) is 0 Å². The maximum Gasteiger partial charge on any atom is 0.331 e. The van der Waals surface area contributed by atoms with Gasteiger partial charge in [0.2, 0.25) is 0 Å². The lowest BCUT2D eigenvalue weighted by atomic mass is 10.1. The highest BCUT2D eigenvalue weighted by molar-refractivity contribution is 5.81. The van der Waals surface area contributed by atoms with E-state index in [1.165, 1.54) is 24.3 Å². The highest BCUT2D eigenvalue weighted by Gasteiger charge is 2.02. The molecule has 3 nitrogen and oxygen atoms in total. The first-order valence-electron chi connectivity index (χ1n) is 5.20. The Morgan fingerprint density at radius 1 is 1.50 bits per heavy atom. The van der Waals surface area contributed by atoms with Crippen LogP contribution in [0, 0.1) is 6.92 Å². The second-order valence-corrected chi connectivity index (χ2v) is 3.66. The Kier molecular flexibility index (Phi) is 4.58. The molecule has 0 aromatic heterocycles. The normalized spacial score (nSPS) is 12.4. The summed E-state index contributed by atoms with van der Waals surface area (Å²) in [5.74, 6) is -0.357. The van der Waals surface area contributed by atoms with Gasteiger partial charge in [-0.15, -0.1) is 0 Å². The number of benzene rings is 1. The third-order valence-corrected chi connectivity index (χ3v) is 2.31. The quantitative estimate of drug-likeness (QED) is 0.624. The Morgan fingerprint density at radius 3 is 2.88 bits per heavy atom. The zero-order valence-electron chi connectivity index (χ0n) is 9.86. The Bertz CT molecular complexity index is 385. The molecule has 3 heteroatoms. The summed E-state index contributed by atoms with van der Waals surface area (Å²) < 4.78 is 4.49. The summed E-state index contributed by atoms with van der Waals surface area (Å²) in [7, 11) is 1.36. The molecule has 0 radical (unpaired) electrons. The fourth-order valence-corrected chi connectivity index (χ4v) is 1.36. The monoisotopic (exact) mass is 219 g/mol. The first-order chi connectivity index (χ1) is 7.63. The molecule has 0 saturated carbocycles. The summed E-state index contributed by atoms with van der Waals surface area (Å²) in [4.78, 5) is 10.8. The molecule has 0 bridgehead atoms. The largest absolute Gasteiger partial charge is 0.466 e. The Balaban J connectivity index is 2.56. The van der Waals surface area contributed by atoms with E-state index in [9.17, 15) is 4.79 Å². The van der Waals surface area contributed by atoms with Crippen LogP contribution < -0.4 is 5.32 Å². The van der Waals surface area contributed by atoms with Crippen molar-refractivity contribution >= 4 is 5.97 Å². The van der Waals surface area contributed by atoms with Gasteiger partial charge in [0.1, 0.15) is 0 Å². The van der Waals surface area contributed by atoms with Crippen molar-refractivity contribution in [2.45, 2.75) is 19.9 Å². The minimum atomic E-state index is -0.357. The number of carbonyl (C=O) groups is 1. The van der Waals surface area contributed by atoms with Crippen LogP contribution in [0.1, 0.15) is 24.1 Å². The van der Waals surface area contributed by atoms with Crippen LogP contribution >= 0.6 is 0 Å². The molecule has 0 fully saturated rings. The van der Waals surface area contributed by atoms with Crippen molar-refractivity contribution in [1.82, 2.24) is 5.32 Å². The van der Waals surface area contributed by atoms with Crippen molar-refractivity contribution in [1.29, 1.82) is 0 Å². The maximum atomic E-state index is 10.8. The van der Waals surface area contributed by atoms with E-state index in [0.717, 1.165) is 0 Å². The standard InChI is InChI=1S/C13H17NO2/c1-10-5-4-6-12(9-10)11(2)14-8-7-13(15)16-3/h4-9,11,14H,1-3H3/b8-7+/t11-/m0/s1. The molecule has 1 atom stereocenters. The lowest BCUT2D eigenvalue weighted by Crippen LogP contribution is -2.12. The summed E-state index contributed by atoms with van der Waals surface area (Å²) in [6, 6.07) is 8.41. The zero-order chi connectivity index (χ0) is 12.0. The van der Waals surface area contributed by atoms with Gasteiger partial charge in [0.05, 0.1) is 7.11 Å². The van der Waals surface area contributed by atoms with Gasteiger partial charge in [0.15, 0.2) is 0 Å². The number of hydrogen-bond acceptors (Lipinski definition) is 3. The Hall–Kier alpha value is -1.77. The molecule has 0 aliphatic carbocycles. The first-order valence-corrected chi connectivity index (χ1v) is 5.20. The van der Waals surface area contributed by atoms with Crippen molar-refractivity contribution in [3.05, 3.63) is 47.7 Å². The third kappa shape index (κ3) is 3.77. The third-order valence-electron chi connectivity index (χ3n) is 2.31. The maximum absolute atomic E-state index is 10.8. The molecule has 1 N–H and O–H groups in total. The minimum absolute atomic E-state index is 0.167. The molecule has 0 heterocycles. The molecule has 16 heavy (non-hydrogen) atoms. The van der Waals surface area contributed by atoms with Crippen LogP contribution in [0.5, 0.6) is 0 Å². The van der Waals surface area contributed by atoms with E-state index in [2.05, 4.69) is 35.2 Å². The number of rotatable bonds is 4. The number of esters is 1. The van der Waals surface area contributed by atoms with E-state index in [4.69, 9.17) is 0 Å². The van der Waals surface area contributed by atoms with Crippen molar-refractivity contribution < 1.29 is 9.53 Å². The van der Waals surface area contributed by atoms with Gasteiger partial charge < -0.3 is 10.1 Å². The molecule has 0 unspecified atom stereocenters. The zero-order valence-corrected chi connectivity index (χ0v) is 9.86. The summed E-state index contributed by atoms with van der Waals surface area (Å²) in [5.41, 5.74) is 2.41. The van der Waals surface area contributed by atoms with Crippen LogP contribution in [0.2, 0.25) is 0 Å². The van der Waals surface area contributed by atoms with Crippen LogP contribution in [0.4, 0.5) is 0 Å². The van der Waals surface area contributed by atoms with Gasteiger partial charge in [0.25, 0.3) is 0 Å². The number of ether oxygens (including phenoxy) is 1. The summed E-state index contributed by atoms with van der Waals surface area (Å²) in [5, 5.41) is 3.11. The molecular weight excluding hydrogens is 202 g/mol. The smallest absolute Gasteiger partial charge is 0.331 e. The minimum Gasteiger partial charge on any atom is -0.466 e. The lowest BCUT2D eigenvalue weighted by molar-refractivity contribution is -0.134. The van der Waals surface area contributed by atoms with Crippen molar-refractivity contribution in [2.75, 3.05) is 7.11 Å². The molecule has 0 aliphatic rings. The summed E-state index contributed by atoms with van der Waals surface area (Å²) in [6.45, 7) is 4.09. The Labute approximate surface area is 96.1 Å². The molecule has 0 saturated heterocycles. The molecule has 86 valence electrons. The van der Waals surface area contributed by atoms with E-state index in [0.29, 0.717) is 0 Å². The van der Waals surface area contributed by atoms with Gasteiger partial charge in [0, 0.05) is 18.3 Å². The van der Waals surface area contributed by atoms with Gasteiger partial charge in [-0.1, -0.05) is 29.8 Å². The number of nitrogens with one attached hydrogen (secondary N) is 1. The van der Waals surface area contributed by atoms with Crippen LogP contribution in [0.25, 0.3) is 0 Å². The predicted octanol–water partition coefficient (Wildman–Crippen LogP) is 2.33. The van der Waals surface area contributed by atoms with Crippen LogP contribution in [0.3, 0.4) is 0 Å². The van der Waals surface area contributed by atoms with Crippen LogP contribution in [-0.4, -0.2) is 13.1 Å². The van der Waals surface area contributed by atoms with Crippen molar-refractivity contribution in [2.24, 2.45) is 0 Å². The molecule has 1 aromatic rings. The highest BCUT2D eigenvalue weighted by Crippen LogP contribution is 2.13. The van der Waals surface area contributed by atoms with Crippen LogP contribution in [0.15, 0.2) is 36.5 Å². The average Bonchev–Trinajstić information content (AvgIpc) is 2.28. The average molecular weight is 219 g/mol. The van der Waals surface area contributed by atoms with Gasteiger partial charge in [-0.25, -0.2) is 4.79 Å². The number of aryl methyl sites for hydroxylation is 1. The second kappa shape index (κ2) is 5.95. The van der Waals surface area contributed by atoms with Crippen LogP contribution in [-0.2, 0) is 9.53 Å². The lowest BCUT2D eigenvalue weighted by Gasteiger charge is -2.12. The van der Waals surface area contributed by atoms with Gasteiger partial charge in [-0.3, -0.25) is 0 Å². The molecule has 0 spiro atoms. The molecule has 1 rings (SSSR count). The number of methoxy groups -OCH3 is 1. The molecular formula is C13H17NO2. The van der Waals surface area contributed by atoms with E-state index in [1.54, 1.807) is 6.20 Å². The van der Waals surface area contributed by atoms with Gasteiger partial charge in [-0.05, 0) is 19.4 Å². The number of carbonyl (C=O) groups excluding carboxylic acids is 1. The molecule has 0 aliphatic heterocycles. The molecule has 0 amide bonds. The highest BCUT2D eigenvalue weighted by atomic mass is 16.5. The molecule has 1 aromatic carbocycles. The van der Waals surface area contributed by atoms with E-state index in [-0.39, 0.29) is 12.0 Å².